The van der Waals surface area contributed by atoms with Gasteiger partial charge in [-0.05, 0) is 73.2 Å². The number of hydrogen-bond acceptors (Lipinski definition) is 5. The largest absolute Gasteiger partial charge is 0.350 e. The van der Waals surface area contributed by atoms with Gasteiger partial charge in [0.05, 0.1) is 4.92 Å². The standard InChI is InChI=1S/C35H35ClN4O4/c36-28-12-8-9-24(21-28)23-38-35(42)31(39-34(41)27-18-16-26(17-19-27)25-10-2-1-3-11-25)14-6-7-20-37-32-22-30(32)29-13-4-5-15-33(29)40(43)44/h1-5,8-13,15-19,21,30-32,37H,6-7,14,20,22-23H2,(H,38,42)(H,39,41)/t30-,31?,32+/m0/s1. The van der Waals surface area contributed by atoms with Crippen LogP contribution >= 0.6 is 11.6 Å². The molecule has 0 saturated heterocycles. The van der Waals surface area contributed by atoms with Gasteiger partial charge < -0.3 is 16.0 Å². The number of benzene rings is 4. The van der Waals surface area contributed by atoms with Crippen molar-refractivity contribution in [3.05, 3.63) is 135 Å². The van der Waals surface area contributed by atoms with Crippen molar-refractivity contribution in [1.82, 2.24) is 16.0 Å². The molecule has 9 heteroatoms. The molecule has 0 heterocycles. The number of nitro benzene ring substituents is 1. The van der Waals surface area contributed by atoms with Crippen LogP contribution in [0.2, 0.25) is 5.02 Å². The number of amides is 2. The maximum Gasteiger partial charge on any atom is 0.272 e. The van der Waals surface area contributed by atoms with Crippen LogP contribution in [0.3, 0.4) is 0 Å². The van der Waals surface area contributed by atoms with Crippen molar-refractivity contribution in [2.45, 2.75) is 50.2 Å². The summed E-state index contributed by atoms with van der Waals surface area (Å²) in [6.45, 7) is 1.02. The third kappa shape index (κ3) is 8.30. The first-order valence-electron chi connectivity index (χ1n) is 14.8. The van der Waals surface area contributed by atoms with Crippen LogP contribution in [0.1, 0.15) is 53.1 Å². The van der Waals surface area contributed by atoms with Crippen molar-refractivity contribution in [3.63, 3.8) is 0 Å². The van der Waals surface area contributed by atoms with Gasteiger partial charge >= 0.3 is 0 Å². The molecule has 44 heavy (non-hydrogen) atoms. The summed E-state index contributed by atoms with van der Waals surface area (Å²) >= 11 is 6.09. The van der Waals surface area contributed by atoms with Crippen LogP contribution in [0.4, 0.5) is 5.69 Å². The fourth-order valence-corrected chi connectivity index (χ4v) is 5.62. The molecule has 0 aliphatic heterocycles. The van der Waals surface area contributed by atoms with E-state index in [0.29, 0.717) is 36.5 Å². The summed E-state index contributed by atoms with van der Waals surface area (Å²) < 4.78 is 0. The molecule has 1 saturated carbocycles. The Labute approximate surface area is 262 Å². The molecule has 0 bridgehead atoms. The van der Waals surface area contributed by atoms with Crippen LogP contribution in [0, 0.1) is 10.1 Å². The van der Waals surface area contributed by atoms with Gasteiger partial charge in [0.2, 0.25) is 5.91 Å². The summed E-state index contributed by atoms with van der Waals surface area (Å²) in [7, 11) is 0. The lowest BCUT2D eigenvalue weighted by Crippen LogP contribution is -2.46. The highest BCUT2D eigenvalue weighted by Gasteiger charge is 2.41. The third-order valence-corrected chi connectivity index (χ3v) is 8.12. The topological polar surface area (TPSA) is 113 Å². The zero-order chi connectivity index (χ0) is 30.9. The van der Waals surface area contributed by atoms with E-state index >= 15 is 0 Å². The Balaban J connectivity index is 1.15. The van der Waals surface area contributed by atoms with Crippen LogP contribution in [0.5, 0.6) is 0 Å². The number of unbranched alkanes of at least 4 members (excludes halogenated alkanes) is 1. The quantitative estimate of drug-likeness (QED) is 0.0841. The molecule has 1 aliphatic carbocycles. The van der Waals surface area contributed by atoms with Crippen molar-refractivity contribution in [2.75, 3.05) is 6.54 Å². The molecular weight excluding hydrogens is 576 g/mol. The van der Waals surface area contributed by atoms with Gasteiger partial charge in [-0.15, -0.1) is 0 Å². The number of nitrogens with one attached hydrogen (secondary N) is 3. The summed E-state index contributed by atoms with van der Waals surface area (Å²) in [5, 5.41) is 21.3. The molecule has 1 aliphatic rings. The predicted molar refractivity (Wildman–Crippen MR) is 173 cm³/mol. The molecule has 4 aromatic rings. The van der Waals surface area contributed by atoms with E-state index in [1.54, 1.807) is 36.4 Å². The lowest BCUT2D eigenvalue weighted by molar-refractivity contribution is -0.385. The first-order valence-corrected chi connectivity index (χ1v) is 15.2. The molecule has 2 amide bonds. The van der Waals surface area contributed by atoms with Crippen molar-refractivity contribution in [3.8, 4) is 11.1 Å². The van der Waals surface area contributed by atoms with Crippen LogP contribution < -0.4 is 16.0 Å². The van der Waals surface area contributed by atoms with Gasteiger partial charge in [-0.3, -0.25) is 19.7 Å². The van der Waals surface area contributed by atoms with Crippen molar-refractivity contribution < 1.29 is 14.5 Å². The molecule has 1 unspecified atom stereocenters. The zero-order valence-electron chi connectivity index (χ0n) is 24.2. The second kappa shape index (κ2) is 14.8. The lowest BCUT2D eigenvalue weighted by atomic mass is 10.0. The highest BCUT2D eigenvalue weighted by Crippen LogP contribution is 2.44. The minimum Gasteiger partial charge on any atom is -0.350 e. The van der Waals surface area contributed by atoms with E-state index < -0.39 is 6.04 Å². The van der Waals surface area contributed by atoms with Gasteiger partial charge in [0.1, 0.15) is 6.04 Å². The lowest BCUT2D eigenvalue weighted by Gasteiger charge is -2.19. The second-order valence-corrected chi connectivity index (χ2v) is 11.5. The summed E-state index contributed by atoms with van der Waals surface area (Å²) in [6, 6.07) is 30.9. The van der Waals surface area contributed by atoms with E-state index in [2.05, 4.69) is 16.0 Å². The Hall–Kier alpha value is -4.53. The number of nitrogens with zero attached hydrogens (tertiary/aromatic N) is 1. The van der Waals surface area contributed by atoms with E-state index in [0.717, 1.165) is 35.1 Å². The average molecular weight is 611 g/mol. The Morgan fingerprint density at radius 3 is 2.36 bits per heavy atom. The molecule has 8 nitrogen and oxygen atoms in total. The van der Waals surface area contributed by atoms with Gasteiger partial charge in [0.15, 0.2) is 0 Å². The maximum absolute atomic E-state index is 13.2. The molecule has 0 spiro atoms. The Bertz CT molecular complexity index is 1600. The molecule has 1 fully saturated rings. The number of nitro groups is 1. The van der Waals surface area contributed by atoms with E-state index in [1.807, 2.05) is 66.7 Å². The first-order chi connectivity index (χ1) is 21.4. The molecule has 226 valence electrons. The van der Waals surface area contributed by atoms with Gasteiger partial charge in [-0.1, -0.05) is 84.4 Å². The Kier molecular flexibility index (Phi) is 10.4. The number of para-hydroxylation sites is 1. The number of rotatable bonds is 14. The first kappa shape index (κ1) is 30.9. The van der Waals surface area contributed by atoms with Crippen LogP contribution in [-0.4, -0.2) is 35.4 Å². The average Bonchev–Trinajstić information content (AvgIpc) is 3.82. The molecule has 3 atom stereocenters. The van der Waals surface area contributed by atoms with Crippen molar-refractivity contribution in [1.29, 1.82) is 0 Å². The number of carbonyl (C=O) groups is 2. The van der Waals surface area contributed by atoms with Gasteiger partial charge in [0.25, 0.3) is 11.6 Å². The Morgan fingerprint density at radius 2 is 1.61 bits per heavy atom. The van der Waals surface area contributed by atoms with Gasteiger partial charge in [-0.25, -0.2) is 0 Å². The summed E-state index contributed by atoms with van der Waals surface area (Å²) in [4.78, 5) is 37.5. The molecular formula is C35H35ClN4O4. The summed E-state index contributed by atoms with van der Waals surface area (Å²) in [5.41, 5.74) is 4.35. The SMILES string of the molecule is O=C(NC(CCCCN[C@@H]1C[C@H]1c1ccccc1[N+](=O)[O-])C(=O)NCc1cccc(Cl)c1)c1ccc(-c2ccccc2)cc1. The third-order valence-electron chi connectivity index (χ3n) is 7.88. The molecule has 0 radical (unpaired) electrons. The van der Waals surface area contributed by atoms with E-state index in [9.17, 15) is 19.7 Å². The predicted octanol–water partition coefficient (Wildman–Crippen LogP) is 6.65. The normalized spacial score (nSPS) is 16.1. The van der Waals surface area contributed by atoms with E-state index in [1.165, 1.54) is 0 Å². The highest BCUT2D eigenvalue weighted by atomic mass is 35.5. The highest BCUT2D eigenvalue weighted by molar-refractivity contribution is 6.30. The fourth-order valence-electron chi connectivity index (χ4n) is 5.41. The second-order valence-electron chi connectivity index (χ2n) is 11.0. The van der Waals surface area contributed by atoms with E-state index in [-0.39, 0.29) is 34.4 Å². The number of hydrogen-bond donors (Lipinski definition) is 3. The van der Waals surface area contributed by atoms with Gasteiger partial charge in [-0.2, -0.15) is 0 Å². The Morgan fingerprint density at radius 1 is 0.886 bits per heavy atom. The maximum atomic E-state index is 13.2. The van der Waals surface area contributed by atoms with Crippen LogP contribution in [-0.2, 0) is 11.3 Å². The molecule has 4 aromatic carbocycles. The number of carbonyl (C=O) groups excluding carboxylic acids is 2. The van der Waals surface area contributed by atoms with Crippen LogP contribution in [0.25, 0.3) is 11.1 Å². The summed E-state index contributed by atoms with van der Waals surface area (Å²) in [6.07, 6.45) is 2.83. The van der Waals surface area contributed by atoms with Gasteiger partial charge in [0, 0.05) is 40.7 Å². The van der Waals surface area contributed by atoms with Crippen LogP contribution in [0.15, 0.2) is 103 Å². The fraction of sp³-hybridized carbons (Fsp3) is 0.257. The summed E-state index contributed by atoms with van der Waals surface area (Å²) in [5.74, 6) is -0.434. The molecule has 0 aromatic heterocycles. The smallest absolute Gasteiger partial charge is 0.272 e. The minimum absolute atomic E-state index is 0.134. The van der Waals surface area contributed by atoms with Crippen molar-refractivity contribution in [2.24, 2.45) is 0 Å². The zero-order valence-corrected chi connectivity index (χ0v) is 25.0. The molecule has 5 rings (SSSR count). The number of halogens is 1. The minimum atomic E-state index is -0.712. The van der Waals surface area contributed by atoms with E-state index in [4.69, 9.17) is 11.6 Å². The molecule has 3 N–H and O–H groups in total. The van der Waals surface area contributed by atoms with Crippen molar-refractivity contribution >= 4 is 29.1 Å². The monoisotopic (exact) mass is 610 g/mol.